The predicted octanol–water partition coefficient (Wildman–Crippen LogP) is 1.86. The van der Waals surface area contributed by atoms with Crippen LogP contribution in [0.25, 0.3) is 0 Å². The highest BCUT2D eigenvalue weighted by atomic mass is 16.2. The van der Waals surface area contributed by atoms with Crippen LogP contribution in [0.3, 0.4) is 0 Å². The number of aryl methyl sites for hydroxylation is 2. The molecule has 0 saturated carbocycles. The molecule has 0 bridgehead atoms. The standard InChI is InChI=1S/C15H21N5O/c1-9-5-6-10(2)13(7-9)17-15(21)12(4)20-11(3)14(8-16)18-19-20/h5-7,12H,8,16H2,1-4H3,(H,17,21). The molecule has 1 heterocycles. The molecule has 6 nitrogen and oxygen atoms in total. The van der Waals surface area contributed by atoms with Gasteiger partial charge in [-0.15, -0.1) is 5.10 Å². The molecule has 6 heteroatoms. The first kappa shape index (κ1) is 15.2. The summed E-state index contributed by atoms with van der Waals surface area (Å²) in [5.74, 6) is -0.125. The Kier molecular flexibility index (Phi) is 4.37. The normalized spacial score (nSPS) is 12.2. The Balaban J connectivity index is 2.19. The molecule has 0 fully saturated rings. The monoisotopic (exact) mass is 287 g/mol. The van der Waals surface area contributed by atoms with Gasteiger partial charge in [-0.25, -0.2) is 4.68 Å². The molecule has 0 radical (unpaired) electrons. The van der Waals surface area contributed by atoms with E-state index in [9.17, 15) is 4.79 Å². The third kappa shape index (κ3) is 3.11. The molecule has 21 heavy (non-hydrogen) atoms. The molecule has 1 aromatic carbocycles. The van der Waals surface area contributed by atoms with Crippen LogP contribution < -0.4 is 11.1 Å². The zero-order valence-corrected chi connectivity index (χ0v) is 12.8. The maximum atomic E-state index is 12.4. The fourth-order valence-corrected chi connectivity index (χ4v) is 2.15. The topological polar surface area (TPSA) is 85.8 Å². The number of nitrogens with one attached hydrogen (secondary N) is 1. The lowest BCUT2D eigenvalue weighted by Gasteiger charge is -2.15. The first-order chi connectivity index (χ1) is 9.93. The number of carbonyl (C=O) groups excluding carboxylic acids is 1. The van der Waals surface area contributed by atoms with Gasteiger partial charge in [-0.05, 0) is 44.9 Å². The van der Waals surface area contributed by atoms with E-state index in [-0.39, 0.29) is 5.91 Å². The van der Waals surface area contributed by atoms with Crippen molar-refractivity contribution in [1.29, 1.82) is 0 Å². The largest absolute Gasteiger partial charge is 0.325 e. The molecule has 1 unspecified atom stereocenters. The molecule has 0 aliphatic carbocycles. The molecule has 2 rings (SSSR count). The molecule has 0 spiro atoms. The Morgan fingerprint density at radius 3 is 2.71 bits per heavy atom. The summed E-state index contributed by atoms with van der Waals surface area (Å²) in [6.45, 7) is 7.93. The second-order valence-corrected chi connectivity index (χ2v) is 5.25. The molecule has 1 amide bonds. The summed E-state index contributed by atoms with van der Waals surface area (Å²) in [5.41, 5.74) is 10.1. The van der Waals surface area contributed by atoms with Crippen molar-refractivity contribution in [2.75, 3.05) is 5.32 Å². The van der Waals surface area contributed by atoms with Gasteiger partial charge in [-0.2, -0.15) is 0 Å². The van der Waals surface area contributed by atoms with Crippen LogP contribution in [0.2, 0.25) is 0 Å². The molecule has 1 aromatic heterocycles. The van der Waals surface area contributed by atoms with Gasteiger partial charge in [0, 0.05) is 12.2 Å². The van der Waals surface area contributed by atoms with Crippen LogP contribution in [0.4, 0.5) is 5.69 Å². The first-order valence-corrected chi connectivity index (χ1v) is 6.93. The third-order valence-electron chi connectivity index (χ3n) is 3.61. The number of nitrogens with two attached hydrogens (primary N) is 1. The minimum absolute atomic E-state index is 0.125. The summed E-state index contributed by atoms with van der Waals surface area (Å²) in [7, 11) is 0. The second-order valence-electron chi connectivity index (χ2n) is 5.25. The Morgan fingerprint density at radius 2 is 2.10 bits per heavy atom. The summed E-state index contributed by atoms with van der Waals surface area (Å²) >= 11 is 0. The summed E-state index contributed by atoms with van der Waals surface area (Å²) in [6.07, 6.45) is 0. The minimum Gasteiger partial charge on any atom is -0.325 e. The molecule has 2 aromatic rings. The van der Waals surface area contributed by atoms with Gasteiger partial charge in [0.05, 0.1) is 11.4 Å². The number of nitrogens with zero attached hydrogens (tertiary/aromatic N) is 3. The number of amides is 1. The van der Waals surface area contributed by atoms with Crippen molar-refractivity contribution in [3.63, 3.8) is 0 Å². The minimum atomic E-state index is -0.447. The SMILES string of the molecule is Cc1ccc(C)c(NC(=O)C(C)n2nnc(CN)c2C)c1. The van der Waals surface area contributed by atoms with E-state index in [1.54, 1.807) is 11.6 Å². The average Bonchev–Trinajstić information content (AvgIpc) is 2.83. The van der Waals surface area contributed by atoms with Gasteiger partial charge in [0.15, 0.2) is 0 Å². The zero-order valence-electron chi connectivity index (χ0n) is 12.8. The van der Waals surface area contributed by atoms with Gasteiger partial charge < -0.3 is 11.1 Å². The van der Waals surface area contributed by atoms with Crippen LogP contribution in [0.15, 0.2) is 18.2 Å². The molecule has 112 valence electrons. The Hall–Kier alpha value is -2.21. The van der Waals surface area contributed by atoms with E-state index in [4.69, 9.17) is 5.73 Å². The number of rotatable bonds is 4. The van der Waals surface area contributed by atoms with Crippen molar-refractivity contribution in [2.24, 2.45) is 5.73 Å². The highest BCUT2D eigenvalue weighted by Gasteiger charge is 2.20. The lowest BCUT2D eigenvalue weighted by atomic mass is 10.1. The van der Waals surface area contributed by atoms with Crippen LogP contribution >= 0.6 is 0 Å². The van der Waals surface area contributed by atoms with Gasteiger partial charge in [0.25, 0.3) is 0 Å². The van der Waals surface area contributed by atoms with Crippen molar-refractivity contribution < 1.29 is 4.79 Å². The molecule has 1 atom stereocenters. The number of hydrogen-bond donors (Lipinski definition) is 2. The first-order valence-electron chi connectivity index (χ1n) is 6.93. The van der Waals surface area contributed by atoms with Crippen molar-refractivity contribution in [3.05, 3.63) is 40.7 Å². The molecule has 3 N–H and O–H groups in total. The van der Waals surface area contributed by atoms with Gasteiger partial charge in [0.1, 0.15) is 6.04 Å². The molecule has 0 saturated heterocycles. The number of aromatic nitrogens is 3. The second kappa shape index (κ2) is 6.05. The van der Waals surface area contributed by atoms with E-state index in [1.807, 2.05) is 39.0 Å². The van der Waals surface area contributed by atoms with Crippen molar-refractivity contribution in [2.45, 2.75) is 40.3 Å². The summed E-state index contributed by atoms with van der Waals surface area (Å²) in [4.78, 5) is 12.4. The van der Waals surface area contributed by atoms with Crippen LogP contribution in [0.1, 0.15) is 35.5 Å². The van der Waals surface area contributed by atoms with Crippen LogP contribution in [-0.4, -0.2) is 20.9 Å². The molecule has 0 aliphatic rings. The lowest BCUT2D eigenvalue weighted by Crippen LogP contribution is -2.25. The maximum absolute atomic E-state index is 12.4. The number of carbonyl (C=O) groups is 1. The third-order valence-corrected chi connectivity index (χ3v) is 3.61. The highest BCUT2D eigenvalue weighted by molar-refractivity contribution is 5.94. The Bertz CT molecular complexity index is 662. The Labute approximate surface area is 124 Å². The zero-order chi connectivity index (χ0) is 15.6. The van der Waals surface area contributed by atoms with E-state index in [2.05, 4.69) is 15.6 Å². The summed E-state index contributed by atoms with van der Waals surface area (Å²) in [5, 5.41) is 10.9. The fraction of sp³-hybridized carbons (Fsp3) is 0.400. The van der Waals surface area contributed by atoms with E-state index < -0.39 is 6.04 Å². The average molecular weight is 287 g/mol. The van der Waals surface area contributed by atoms with Crippen molar-refractivity contribution in [3.8, 4) is 0 Å². The van der Waals surface area contributed by atoms with E-state index in [0.29, 0.717) is 12.2 Å². The lowest BCUT2D eigenvalue weighted by molar-refractivity contribution is -0.119. The maximum Gasteiger partial charge on any atom is 0.249 e. The quantitative estimate of drug-likeness (QED) is 0.898. The molecular formula is C15H21N5O. The van der Waals surface area contributed by atoms with E-state index >= 15 is 0 Å². The van der Waals surface area contributed by atoms with Gasteiger partial charge in [-0.3, -0.25) is 4.79 Å². The summed E-state index contributed by atoms with van der Waals surface area (Å²) in [6, 6.07) is 5.52. The smallest absolute Gasteiger partial charge is 0.249 e. The van der Waals surface area contributed by atoms with Crippen LogP contribution in [-0.2, 0) is 11.3 Å². The highest BCUT2D eigenvalue weighted by Crippen LogP contribution is 2.19. The van der Waals surface area contributed by atoms with E-state index in [1.165, 1.54) is 0 Å². The van der Waals surface area contributed by atoms with E-state index in [0.717, 1.165) is 22.5 Å². The molecular weight excluding hydrogens is 266 g/mol. The van der Waals surface area contributed by atoms with Crippen LogP contribution in [0.5, 0.6) is 0 Å². The predicted molar refractivity (Wildman–Crippen MR) is 81.9 cm³/mol. The fourth-order valence-electron chi connectivity index (χ4n) is 2.15. The summed E-state index contributed by atoms with van der Waals surface area (Å²) < 4.78 is 1.60. The Morgan fingerprint density at radius 1 is 1.38 bits per heavy atom. The van der Waals surface area contributed by atoms with Gasteiger partial charge in [-0.1, -0.05) is 17.3 Å². The molecule has 0 aliphatic heterocycles. The number of benzene rings is 1. The van der Waals surface area contributed by atoms with Crippen molar-refractivity contribution in [1.82, 2.24) is 15.0 Å². The van der Waals surface area contributed by atoms with Gasteiger partial charge in [0.2, 0.25) is 5.91 Å². The van der Waals surface area contributed by atoms with Crippen molar-refractivity contribution >= 4 is 11.6 Å². The number of hydrogen-bond acceptors (Lipinski definition) is 4. The number of anilines is 1. The van der Waals surface area contributed by atoms with Crippen LogP contribution in [0, 0.1) is 20.8 Å². The van der Waals surface area contributed by atoms with Gasteiger partial charge >= 0.3 is 0 Å².